The summed E-state index contributed by atoms with van der Waals surface area (Å²) in [4.78, 5) is 15.7. The average molecular weight is 169 g/mol. The van der Waals surface area contributed by atoms with E-state index in [0.717, 1.165) is 22.0 Å². The number of ketones is 1. The number of Topliss-reactive ketones (excluding diaryl/α,β-unsaturated/α-hetero) is 1. The summed E-state index contributed by atoms with van der Waals surface area (Å²) in [6.07, 6.45) is 2.24. The Hall–Kier alpha value is -1.70. The molecule has 62 valence electrons. The summed E-state index contributed by atoms with van der Waals surface area (Å²) in [5.74, 6) is 0.216. The van der Waals surface area contributed by atoms with Gasteiger partial charge in [-0.2, -0.15) is 0 Å². The lowest BCUT2D eigenvalue weighted by Gasteiger charge is -1.97. The van der Waals surface area contributed by atoms with Crippen molar-refractivity contribution in [3.8, 4) is 0 Å². The predicted octanol–water partition coefficient (Wildman–Crippen LogP) is 1.97. The smallest absolute Gasteiger partial charge is 0.168 e. The molecule has 1 aromatic heterocycles. The second-order valence-corrected chi connectivity index (χ2v) is 3.27. The zero-order chi connectivity index (χ0) is 8.84. The third-order valence-electron chi connectivity index (χ3n) is 2.50. The van der Waals surface area contributed by atoms with E-state index in [1.807, 2.05) is 18.2 Å². The molecule has 0 spiro atoms. The van der Waals surface area contributed by atoms with Crippen LogP contribution >= 0.6 is 0 Å². The molecule has 1 aliphatic carbocycles. The van der Waals surface area contributed by atoms with Crippen LogP contribution in [0.15, 0.2) is 30.5 Å². The second-order valence-electron chi connectivity index (χ2n) is 3.27. The number of hydrogen-bond donors (Lipinski definition) is 0. The average Bonchev–Trinajstić information content (AvgIpc) is 2.47. The maximum atomic E-state index is 11.5. The molecular formula is C11H7NO. The number of carbonyl (C=O) groups is 1. The van der Waals surface area contributed by atoms with Crippen LogP contribution in [0.4, 0.5) is 0 Å². The predicted molar refractivity (Wildman–Crippen MR) is 49.8 cm³/mol. The third-order valence-corrected chi connectivity index (χ3v) is 2.50. The summed E-state index contributed by atoms with van der Waals surface area (Å²) in [5, 5.41) is 1.05. The lowest BCUT2D eigenvalue weighted by Crippen LogP contribution is -1.93. The summed E-state index contributed by atoms with van der Waals surface area (Å²) in [7, 11) is 0. The summed E-state index contributed by atoms with van der Waals surface area (Å²) < 4.78 is 0. The van der Waals surface area contributed by atoms with Gasteiger partial charge in [0.2, 0.25) is 0 Å². The van der Waals surface area contributed by atoms with Gasteiger partial charge in [-0.3, -0.25) is 9.78 Å². The summed E-state index contributed by atoms with van der Waals surface area (Å²) >= 11 is 0. The molecule has 2 nitrogen and oxygen atoms in total. The molecule has 1 aliphatic rings. The molecule has 0 bridgehead atoms. The number of nitrogens with zero attached hydrogens (tertiary/aromatic N) is 1. The minimum absolute atomic E-state index is 0.216. The van der Waals surface area contributed by atoms with Gasteiger partial charge >= 0.3 is 0 Å². The Morgan fingerprint density at radius 2 is 2.15 bits per heavy atom. The lowest BCUT2D eigenvalue weighted by molar-refractivity contribution is 0.1000. The standard InChI is InChI=1S/C11H7NO/c13-10-6-7-2-1-3-9-11(7)8(10)4-5-12-9/h1-5H,6H2. The van der Waals surface area contributed by atoms with E-state index in [1.54, 1.807) is 12.3 Å². The van der Waals surface area contributed by atoms with Crippen LogP contribution in [0, 0.1) is 0 Å². The summed E-state index contributed by atoms with van der Waals surface area (Å²) in [6, 6.07) is 7.70. The number of hydrogen-bond acceptors (Lipinski definition) is 2. The van der Waals surface area contributed by atoms with Crippen molar-refractivity contribution in [2.24, 2.45) is 0 Å². The zero-order valence-corrected chi connectivity index (χ0v) is 6.95. The number of pyridine rings is 1. The number of carbonyl (C=O) groups excluding carboxylic acids is 1. The van der Waals surface area contributed by atoms with Crippen LogP contribution in [0.2, 0.25) is 0 Å². The Labute approximate surface area is 75.2 Å². The largest absolute Gasteiger partial charge is 0.294 e. The Bertz CT molecular complexity index is 511. The first kappa shape index (κ1) is 6.78. The van der Waals surface area contributed by atoms with Gasteiger partial charge in [0.1, 0.15) is 0 Å². The fraction of sp³-hybridized carbons (Fsp3) is 0.0909. The van der Waals surface area contributed by atoms with Crippen molar-refractivity contribution >= 4 is 16.7 Å². The van der Waals surface area contributed by atoms with Crippen LogP contribution in [-0.4, -0.2) is 10.8 Å². The van der Waals surface area contributed by atoms with Crippen molar-refractivity contribution in [2.75, 3.05) is 0 Å². The molecule has 0 saturated heterocycles. The Morgan fingerprint density at radius 1 is 1.23 bits per heavy atom. The molecule has 0 amide bonds. The monoisotopic (exact) mass is 169 g/mol. The van der Waals surface area contributed by atoms with Gasteiger partial charge in [0.05, 0.1) is 5.52 Å². The molecule has 0 radical (unpaired) electrons. The van der Waals surface area contributed by atoms with Gasteiger partial charge in [-0.15, -0.1) is 0 Å². The van der Waals surface area contributed by atoms with E-state index >= 15 is 0 Å². The van der Waals surface area contributed by atoms with Crippen molar-refractivity contribution in [1.82, 2.24) is 4.98 Å². The van der Waals surface area contributed by atoms with E-state index in [2.05, 4.69) is 4.98 Å². The maximum Gasteiger partial charge on any atom is 0.168 e. The topological polar surface area (TPSA) is 30.0 Å². The highest BCUT2D eigenvalue weighted by atomic mass is 16.1. The van der Waals surface area contributed by atoms with E-state index in [0.29, 0.717) is 6.42 Å². The molecule has 1 heterocycles. The molecule has 13 heavy (non-hydrogen) atoms. The van der Waals surface area contributed by atoms with E-state index < -0.39 is 0 Å². The summed E-state index contributed by atoms with van der Waals surface area (Å²) in [5.41, 5.74) is 2.88. The number of rotatable bonds is 0. The second kappa shape index (κ2) is 2.16. The van der Waals surface area contributed by atoms with Crippen molar-refractivity contribution in [2.45, 2.75) is 6.42 Å². The van der Waals surface area contributed by atoms with Gasteiger partial charge in [-0.05, 0) is 17.7 Å². The number of aromatic nitrogens is 1. The van der Waals surface area contributed by atoms with Gasteiger partial charge in [0.15, 0.2) is 5.78 Å². The van der Waals surface area contributed by atoms with Crippen molar-refractivity contribution in [1.29, 1.82) is 0 Å². The first-order valence-corrected chi connectivity index (χ1v) is 4.26. The van der Waals surface area contributed by atoms with Crippen LogP contribution in [0.5, 0.6) is 0 Å². The van der Waals surface area contributed by atoms with E-state index in [1.165, 1.54) is 0 Å². The minimum Gasteiger partial charge on any atom is -0.294 e. The van der Waals surface area contributed by atoms with Crippen LogP contribution in [0.25, 0.3) is 10.9 Å². The molecule has 2 heteroatoms. The van der Waals surface area contributed by atoms with Gasteiger partial charge in [0, 0.05) is 23.6 Å². The molecule has 3 rings (SSSR count). The SMILES string of the molecule is O=C1Cc2cccc3nccc1c23. The normalized spacial score (nSPS) is 14.0. The van der Waals surface area contributed by atoms with Crippen LogP contribution < -0.4 is 0 Å². The number of benzene rings is 1. The van der Waals surface area contributed by atoms with Crippen LogP contribution in [0.3, 0.4) is 0 Å². The highest BCUT2D eigenvalue weighted by Gasteiger charge is 2.21. The molecule has 0 fully saturated rings. The first-order chi connectivity index (χ1) is 6.36. The van der Waals surface area contributed by atoms with Gasteiger partial charge in [0.25, 0.3) is 0 Å². The quantitative estimate of drug-likeness (QED) is 0.603. The fourth-order valence-corrected chi connectivity index (χ4v) is 1.93. The fourth-order valence-electron chi connectivity index (χ4n) is 1.93. The molecule has 0 aliphatic heterocycles. The highest BCUT2D eigenvalue weighted by Crippen LogP contribution is 2.28. The zero-order valence-electron chi connectivity index (χ0n) is 6.95. The Morgan fingerprint density at radius 3 is 3.08 bits per heavy atom. The molecule has 0 N–H and O–H groups in total. The molecule has 0 atom stereocenters. The van der Waals surface area contributed by atoms with E-state index in [9.17, 15) is 4.79 Å². The van der Waals surface area contributed by atoms with Crippen molar-refractivity contribution in [3.63, 3.8) is 0 Å². The van der Waals surface area contributed by atoms with Crippen LogP contribution in [0.1, 0.15) is 15.9 Å². The first-order valence-electron chi connectivity index (χ1n) is 4.26. The molecule has 1 aromatic carbocycles. The Kier molecular flexibility index (Phi) is 1.13. The molecule has 0 unspecified atom stereocenters. The molecule has 2 aromatic rings. The van der Waals surface area contributed by atoms with Gasteiger partial charge in [-0.1, -0.05) is 12.1 Å². The van der Waals surface area contributed by atoms with Crippen molar-refractivity contribution < 1.29 is 4.79 Å². The van der Waals surface area contributed by atoms with Gasteiger partial charge in [-0.25, -0.2) is 0 Å². The third kappa shape index (κ3) is 0.773. The summed E-state index contributed by atoms with van der Waals surface area (Å²) in [6.45, 7) is 0. The van der Waals surface area contributed by atoms with E-state index in [-0.39, 0.29) is 5.78 Å². The Balaban J connectivity index is 2.58. The van der Waals surface area contributed by atoms with Crippen molar-refractivity contribution in [3.05, 3.63) is 41.6 Å². The van der Waals surface area contributed by atoms with Gasteiger partial charge < -0.3 is 0 Å². The molecule has 0 saturated carbocycles. The maximum absolute atomic E-state index is 11.5. The minimum atomic E-state index is 0.216. The van der Waals surface area contributed by atoms with Crippen LogP contribution in [-0.2, 0) is 6.42 Å². The molecular weight excluding hydrogens is 162 g/mol. The highest BCUT2D eigenvalue weighted by molar-refractivity contribution is 6.14. The lowest BCUT2D eigenvalue weighted by atomic mass is 10.1. The van der Waals surface area contributed by atoms with E-state index in [4.69, 9.17) is 0 Å².